The smallest absolute Gasteiger partial charge is 0.270 e. The van der Waals surface area contributed by atoms with Crippen LogP contribution in [-0.2, 0) is 19.6 Å². The maximum Gasteiger partial charge on any atom is 0.270 e. The van der Waals surface area contributed by atoms with Crippen molar-refractivity contribution in [3.05, 3.63) is 66.5 Å². The minimum Gasteiger partial charge on any atom is -0.344 e. The molecule has 0 aliphatic carbocycles. The van der Waals surface area contributed by atoms with Crippen LogP contribution in [0.15, 0.2) is 65.8 Å². The van der Waals surface area contributed by atoms with Gasteiger partial charge in [0.25, 0.3) is 15.9 Å². The molecule has 0 bridgehead atoms. The third-order valence-corrected chi connectivity index (χ3v) is 8.10. The molecule has 1 aromatic carbocycles. The molecule has 1 fully saturated rings. The van der Waals surface area contributed by atoms with Crippen molar-refractivity contribution < 1.29 is 22.8 Å². The molecule has 4 rings (SSSR count). The highest BCUT2D eigenvalue weighted by atomic mass is 32.2. The largest absolute Gasteiger partial charge is 0.344 e. The summed E-state index contributed by atoms with van der Waals surface area (Å²) in [5.41, 5.74) is 0.852. The van der Waals surface area contributed by atoms with Crippen molar-refractivity contribution in [1.29, 1.82) is 0 Å². The summed E-state index contributed by atoms with van der Waals surface area (Å²) in [5, 5.41) is 6.28. The first-order valence-corrected chi connectivity index (χ1v) is 14.0. The van der Waals surface area contributed by atoms with Gasteiger partial charge in [-0.3, -0.25) is 14.4 Å². The number of para-hydroxylation sites is 1. The van der Waals surface area contributed by atoms with Crippen molar-refractivity contribution in [2.75, 3.05) is 13.1 Å². The van der Waals surface area contributed by atoms with Gasteiger partial charge >= 0.3 is 0 Å². The second kappa shape index (κ2) is 11.8. The molecule has 2 amide bonds. The SMILES string of the molecule is CC(C)C[C@@H](NC(=O)c1ccc2ccccc2n1)C(=O)N[C@@H]1CCCN(S(=O)(=O)c2ccccn2)CC1=O. The highest BCUT2D eigenvalue weighted by Gasteiger charge is 2.35. The van der Waals surface area contributed by atoms with Gasteiger partial charge in [-0.25, -0.2) is 18.4 Å². The van der Waals surface area contributed by atoms with Crippen LogP contribution in [-0.4, -0.2) is 65.5 Å². The van der Waals surface area contributed by atoms with Crippen molar-refractivity contribution in [3.63, 3.8) is 0 Å². The third-order valence-electron chi connectivity index (χ3n) is 6.34. The van der Waals surface area contributed by atoms with E-state index in [1.807, 2.05) is 32.0 Å². The molecule has 200 valence electrons. The fraction of sp³-hybridized carbons (Fsp3) is 0.370. The molecule has 0 saturated carbocycles. The van der Waals surface area contributed by atoms with E-state index in [0.29, 0.717) is 18.4 Å². The normalized spacial score (nSPS) is 17.7. The second-order valence-corrected chi connectivity index (χ2v) is 11.6. The van der Waals surface area contributed by atoms with Crippen LogP contribution in [0.25, 0.3) is 10.9 Å². The zero-order chi connectivity index (χ0) is 27.3. The number of ketones is 1. The number of sulfonamides is 1. The standard InChI is InChI=1S/C27H31N5O5S/c1-18(2)16-23(31-26(34)22-13-12-19-8-3-4-9-20(19)29-22)27(35)30-21-10-7-15-32(17-24(21)33)38(36,37)25-11-5-6-14-28-25/h3-6,8-9,11-14,18,21,23H,7,10,15-17H2,1-2H3,(H,30,35)(H,31,34)/t21-,23-/m1/s1. The Morgan fingerprint density at radius 2 is 1.84 bits per heavy atom. The van der Waals surface area contributed by atoms with Gasteiger partial charge in [0.1, 0.15) is 11.7 Å². The molecule has 0 spiro atoms. The summed E-state index contributed by atoms with van der Waals surface area (Å²) in [6.45, 7) is 3.62. The van der Waals surface area contributed by atoms with Crippen LogP contribution < -0.4 is 10.6 Å². The van der Waals surface area contributed by atoms with E-state index in [2.05, 4.69) is 20.6 Å². The van der Waals surface area contributed by atoms with Crippen molar-refractivity contribution >= 4 is 38.5 Å². The van der Waals surface area contributed by atoms with E-state index in [0.717, 1.165) is 9.69 Å². The monoisotopic (exact) mass is 537 g/mol. The molecule has 38 heavy (non-hydrogen) atoms. The second-order valence-electron chi connectivity index (χ2n) is 9.72. The Hall–Kier alpha value is -3.70. The lowest BCUT2D eigenvalue weighted by atomic mass is 10.0. The molecule has 3 aromatic rings. The lowest BCUT2D eigenvalue weighted by molar-refractivity contribution is -0.129. The Morgan fingerprint density at radius 1 is 1.08 bits per heavy atom. The number of Topliss-reactive ketones (excluding diaryl/α,β-unsaturated/α-hetero) is 1. The van der Waals surface area contributed by atoms with Crippen LogP contribution in [0, 0.1) is 5.92 Å². The molecular weight excluding hydrogens is 506 g/mol. The molecule has 0 radical (unpaired) electrons. The van der Waals surface area contributed by atoms with Crippen LogP contribution in [0.1, 0.15) is 43.6 Å². The number of pyridine rings is 2. The number of hydrogen-bond donors (Lipinski definition) is 2. The number of nitrogens with zero attached hydrogens (tertiary/aromatic N) is 3. The fourth-order valence-corrected chi connectivity index (χ4v) is 5.76. The van der Waals surface area contributed by atoms with Crippen LogP contribution in [0.2, 0.25) is 0 Å². The van der Waals surface area contributed by atoms with Gasteiger partial charge in [-0.05, 0) is 49.4 Å². The Balaban J connectivity index is 1.44. The average molecular weight is 538 g/mol. The Kier molecular flexibility index (Phi) is 8.48. The van der Waals surface area contributed by atoms with E-state index in [1.165, 1.54) is 12.3 Å². The van der Waals surface area contributed by atoms with E-state index in [-0.39, 0.29) is 36.1 Å². The van der Waals surface area contributed by atoms with Crippen LogP contribution in [0.3, 0.4) is 0 Å². The molecule has 0 unspecified atom stereocenters. The highest BCUT2D eigenvalue weighted by Crippen LogP contribution is 2.18. The van der Waals surface area contributed by atoms with Crippen molar-refractivity contribution in [1.82, 2.24) is 24.9 Å². The first kappa shape index (κ1) is 27.3. The minimum atomic E-state index is -3.94. The molecule has 1 saturated heterocycles. The summed E-state index contributed by atoms with van der Waals surface area (Å²) in [4.78, 5) is 47.6. The number of amides is 2. The number of carbonyl (C=O) groups is 3. The number of fused-ring (bicyclic) bond motifs is 1. The predicted octanol–water partition coefficient (Wildman–Crippen LogP) is 2.31. The van der Waals surface area contributed by atoms with Crippen molar-refractivity contribution in [2.24, 2.45) is 5.92 Å². The molecule has 3 heterocycles. The predicted molar refractivity (Wildman–Crippen MR) is 142 cm³/mol. The van der Waals surface area contributed by atoms with Gasteiger partial charge in [0.15, 0.2) is 10.8 Å². The third kappa shape index (κ3) is 6.40. The number of rotatable bonds is 8. The van der Waals surface area contributed by atoms with Crippen LogP contribution >= 0.6 is 0 Å². The zero-order valence-corrected chi connectivity index (χ0v) is 22.1. The molecular formula is C27H31N5O5S. The van der Waals surface area contributed by atoms with E-state index in [4.69, 9.17) is 0 Å². The maximum atomic E-state index is 13.2. The summed E-state index contributed by atoms with van der Waals surface area (Å²) in [7, 11) is -3.94. The van der Waals surface area contributed by atoms with E-state index in [9.17, 15) is 22.8 Å². The van der Waals surface area contributed by atoms with Gasteiger partial charge in [-0.15, -0.1) is 0 Å². The number of carbonyl (C=O) groups excluding carboxylic acids is 3. The Morgan fingerprint density at radius 3 is 2.58 bits per heavy atom. The molecule has 1 aliphatic rings. The molecule has 2 N–H and O–H groups in total. The number of hydrogen-bond acceptors (Lipinski definition) is 7. The van der Waals surface area contributed by atoms with Gasteiger partial charge < -0.3 is 10.6 Å². The topological polar surface area (TPSA) is 138 Å². The Bertz CT molecular complexity index is 1430. The minimum absolute atomic E-state index is 0.0828. The summed E-state index contributed by atoms with van der Waals surface area (Å²) < 4.78 is 27.0. The molecule has 11 heteroatoms. The number of aromatic nitrogens is 2. The van der Waals surface area contributed by atoms with E-state index >= 15 is 0 Å². The van der Waals surface area contributed by atoms with Gasteiger partial charge in [0.05, 0.1) is 18.1 Å². The van der Waals surface area contributed by atoms with Crippen molar-refractivity contribution in [3.8, 4) is 0 Å². The molecule has 1 aliphatic heterocycles. The van der Waals surface area contributed by atoms with E-state index < -0.39 is 39.7 Å². The first-order chi connectivity index (χ1) is 18.1. The van der Waals surface area contributed by atoms with Crippen LogP contribution in [0.4, 0.5) is 0 Å². The quantitative estimate of drug-likeness (QED) is 0.450. The maximum absolute atomic E-state index is 13.2. The van der Waals surface area contributed by atoms with Gasteiger partial charge in [0.2, 0.25) is 5.91 Å². The average Bonchev–Trinajstić information content (AvgIpc) is 3.09. The number of nitrogens with one attached hydrogen (secondary N) is 2. The summed E-state index contributed by atoms with van der Waals surface area (Å²) in [6, 6.07) is 13.6. The lowest BCUT2D eigenvalue weighted by Gasteiger charge is -2.23. The first-order valence-electron chi connectivity index (χ1n) is 12.6. The van der Waals surface area contributed by atoms with Gasteiger partial charge in [-0.1, -0.05) is 44.2 Å². The molecule has 2 atom stereocenters. The zero-order valence-electron chi connectivity index (χ0n) is 21.3. The van der Waals surface area contributed by atoms with Gasteiger partial charge in [0, 0.05) is 18.1 Å². The number of benzene rings is 1. The molecule has 10 nitrogen and oxygen atoms in total. The summed E-state index contributed by atoms with van der Waals surface area (Å²) in [6.07, 6.45) is 2.40. The fourth-order valence-electron chi connectivity index (χ4n) is 4.39. The highest BCUT2D eigenvalue weighted by molar-refractivity contribution is 7.89. The molecule has 2 aromatic heterocycles. The Labute approximate surface area is 221 Å². The van der Waals surface area contributed by atoms with E-state index in [1.54, 1.807) is 30.3 Å². The summed E-state index contributed by atoms with van der Waals surface area (Å²) in [5.74, 6) is -1.32. The van der Waals surface area contributed by atoms with Crippen LogP contribution in [0.5, 0.6) is 0 Å². The van der Waals surface area contributed by atoms with Crippen molar-refractivity contribution in [2.45, 2.75) is 50.2 Å². The van der Waals surface area contributed by atoms with Gasteiger partial charge in [-0.2, -0.15) is 4.31 Å². The lowest BCUT2D eigenvalue weighted by Crippen LogP contribution is -2.52. The summed E-state index contributed by atoms with van der Waals surface area (Å²) >= 11 is 0.